The molecule has 0 unspecified atom stereocenters. The maximum atomic E-state index is 12.1. The average molecular weight is 361 g/mol. The number of urea groups is 1. The number of amides is 3. The second kappa shape index (κ2) is 7.80. The molecule has 132 valence electrons. The van der Waals surface area contributed by atoms with Crippen molar-refractivity contribution in [3.05, 3.63) is 60.2 Å². The Morgan fingerprint density at radius 2 is 1.56 bits per heavy atom. The number of anilines is 1. The molecule has 3 amide bonds. The average Bonchev–Trinajstić information content (AvgIpc) is 2.55. The molecule has 2 aromatic rings. The number of hydrogen-bond acceptors (Lipinski definition) is 5. The molecule has 0 aliphatic heterocycles. The molecule has 25 heavy (non-hydrogen) atoms. The Balaban J connectivity index is 1.94. The van der Waals surface area contributed by atoms with Gasteiger partial charge in [0.05, 0.1) is 4.90 Å². The Kier molecular flexibility index (Phi) is 5.76. The monoisotopic (exact) mass is 361 g/mol. The lowest BCUT2D eigenvalue weighted by molar-refractivity contribution is -0.120. The zero-order valence-electron chi connectivity index (χ0n) is 13.8. The summed E-state index contributed by atoms with van der Waals surface area (Å²) in [6.07, 6.45) is 0. The third-order valence-electron chi connectivity index (χ3n) is 3.35. The first-order chi connectivity index (χ1) is 11.8. The van der Waals surface area contributed by atoms with Crippen LogP contribution in [0.1, 0.15) is 12.5 Å². The summed E-state index contributed by atoms with van der Waals surface area (Å²) in [6, 6.07) is 13.1. The highest BCUT2D eigenvalue weighted by molar-refractivity contribution is 7.90. The Morgan fingerprint density at radius 3 is 2.16 bits per heavy atom. The minimum absolute atomic E-state index is 0.0591. The fourth-order valence-corrected chi connectivity index (χ4v) is 2.90. The third-order valence-corrected chi connectivity index (χ3v) is 4.69. The van der Waals surface area contributed by atoms with Crippen LogP contribution in [0, 0.1) is 6.92 Å². The van der Waals surface area contributed by atoms with Gasteiger partial charge in [0.15, 0.2) is 0 Å². The fourth-order valence-electron chi connectivity index (χ4n) is 1.99. The van der Waals surface area contributed by atoms with E-state index in [2.05, 4.69) is 5.32 Å². The molecule has 7 nitrogen and oxygen atoms in total. The Morgan fingerprint density at radius 1 is 0.960 bits per heavy atom. The van der Waals surface area contributed by atoms with Crippen LogP contribution in [0.3, 0.4) is 0 Å². The molecule has 0 fully saturated rings. The molecule has 0 bridgehead atoms. The van der Waals surface area contributed by atoms with Crippen molar-refractivity contribution in [2.45, 2.75) is 24.8 Å². The van der Waals surface area contributed by atoms with Crippen molar-refractivity contribution in [2.24, 2.45) is 0 Å². The van der Waals surface area contributed by atoms with Crippen molar-refractivity contribution in [3.8, 4) is 0 Å². The van der Waals surface area contributed by atoms with Gasteiger partial charge in [-0.1, -0.05) is 35.9 Å². The highest BCUT2D eigenvalue weighted by atomic mass is 32.2. The number of rotatable bonds is 5. The summed E-state index contributed by atoms with van der Waals surface area (Å²) < 4.78 is 26.0. The largest absolute Gasteiger partial charge is 0.374 e. The summed E-state index contributed by atoms with van der Waals surface area (Å²) in [7, 11) is -4.04. The summed E-state index contributed by atoms with van der Waals surface area (Å²) in [5.41, 5.74) is 1.59. The molecule has 3 N–H and O–H groups in total. The first kappa shape index (κ1) is 18.5. The number of imide groups is 1. The first-order valence-electron chi connectivity index (χ1n) is 7.54. The quantitative estimate of drug-likeness (QED) is 0.756. The summed E-state index contributed by atoms with van der Waals surface area (Å²) >= 11 is 0. The van der Waals surface area contributed by atoms with Crippen LogP contribution in [0.5, 0.6) is 0 Å². The molecule has 2 rings (SSSR count). The van der Waals surface area contributed by atoms with Crippen LogP contribution in [-0.4, -0.2) is 26.4 Å². The Labute approximate surface area is 146 Å². The highest BCUT2D eigenvalue weighted by Gasteiger charge is 2.21. The smallest absolute Gasteiger partial charge is 0.335 e. The minimum Gasteiger partial charge on any atom is -0.374 e. The van der Waals surface area contributed by atoms with Gasteiger partial charge in [0.25, 0.3) is 10.0 Å². The van der Waals surface area contributed by atoms with E-state index in [1.807, 2.05) is 23.0 Å². The number of carbonyl (C=O) groups excluding carboxylic acids is 2. The molecule has 0 aliphatic carbocycles. The lowest BCUT2D eigenvalue weighted by Crippen LogP contribution is -2.47. The molecule has 8 heteroatoms. The number of nitrogens with one attached hydrogen (secondary N) is 3. The molecule has 0 saturated carbocycles. The number of sulfonamides is 1. The van der Waals surface area contributed by atoms with Gasteiger partial charge < -0.3 is 5.32 Å². The summed E-state index contributed by atoms with van der Waals surface area (Å²) in [4.78, 5) is 23.8. The van der Waals surface area contributed by atoms with Gasteiger partial charge in [-0.3, -0.25) is 10.1 Å². The van der Waals surface area contributed by atoms with Gasteiger partial charge in [-0.2, -0.15) is 0 Å². The molecule has 0 aromatic heterocycles. The fraction of sp³-hybridized carbons (Fsp3) is 0.176. The van der Waals surface area contributed by atoms with Gasteiger partial charge in [-0.25, -0.2) is 17.9 Å². The van der Waals surface area contributed by atoms with Crippen LogP contribution in [0.25, 0.3) is 0 Å². The van der Waals surface area contributed by atoms with E-state index in [-0.39, 0.29) is 4.90 Å². The number of hydrogen-bond donors (Lipinski definition) is 3. The topological polar surface area (TPSA) is 104 Å². The van der Waals surface area contributed by atoms with Crippen LogP contribution in [0.4, 0.5) is 10.5 Å². The molecule has 0 aliphatic rings. The molecule has 0 spiro atoms. The zero-order valence-corrected chi connectivity index (χ0v) is 14.6. The maximum absolute atomic E-state index is 12.1. The van der Waals surface area contributed by atoms with Crippen molar-refractivity contribution in [1.29, 1.82) is 0 Å². The third kappa shape index (κ3) is 5.32. The zero-order chi connectivity index (χ0) is 18.4. The second-order valence-electron chi connectivity index (χ2n) is 5.47. The molecular formula is C17H19N3O4S. The standard InChI is InChI=1S/C17H19N3O4S/c1-12-8-10-15(11-9-12)25(23,24)20-17(22)19-16(21)13(2)18-14-6-4-3-5-7-14/h3-11,13,18H,1-2H3,(H2,19,20,21,22)/t13-/m0/s1. The van der Waals surface area contributed by atoms with E-state index in [9.17, 15) is 18.0 Å². The highest BCUT2D eigenvalue weighted by Crippen LogP contribution is 2.10. The normalized spacial score (nSPS) is 12.1. The van der Waals surface area contributed by atoms with Crippen molar-refractivity contribution >= 4 is 27.6 Å². The van der Waals surface area contributed by atoms with E-state index in [4.69, 9.17) is 0 Å². The van der Waals surface area contributed by atoms with Crippen molar-refractivity contribution in [1.82, 2.24) is 10.0 Å². The van der Waals surface area contributed by atoms with E-state index in [0.29, 0.717) is 5.69 Å². The van der Waals surface area contributed by atoms with E-state index >= 15 is 0 Å². The van der Waals surface area contributed by atoms with E-state index < -0.39 is 28.0 Å². The van der Waals surface area contributed by atoms with Crippen molar-refractivity contribution < 1.29 is 18.0 Å². The number of para-hydroxylation sites is 1. The second-order valence-corrected chi connectivity index (χ2v) is 7.15. The van der Waals surface area contributed by atoms with Crippen LogP contribution < -0.4 is 15.4 Å². The maximum Gasteiger partial charge on any atom is 0.335 e. The van der Waals surface area contributed by atoms with E-state index in [0.717, 1.165) is 5.56 Å². The minimum atomic E-state index is -4.04. The molecule has 2 aromatic carbocycles. The molecule has 0 radical (unpaired) electrons. The van der Waals surface area contributed by atoms with Gasteiger partial charge in [-0.05, 0) is 38.1 Å². The lowest BCUT2D eigenvalue weighted by atomic mass is 10.2. The summed E-state index contributed by atoms with van der Waals surface area (Å²) in [6.45, 7) is 3.38. The Hall–Kier alpha value is -2.87. The predicted molar refractivity (Wildman–Crippen MR) is 94.6 cm³/mol. The van der Waals surface area contributed by atoms with E-state index in [1.54, 1.807) is 43.3 Å². The van der Waals surface area contributed by atoms with Gasteiger partial charge >= 0.3 is 6.03 Å². The molecular weight excluding hydrogens is 342 g/mol. The van der Waals surface area contributed by atoms with E-state index in [1.165, 1.54) is 12.1 Å². The van der Waals surface area contributed by atoms with Crippen molar-refractivity contribution in [2.75, 3.05) is 5.32 Å². The lowest BCUT2D eigenvalue weighted by Gasteiger charge is -2.15. The van der Waals surface area contributed by atoms with Gasteiger partial charge in [0.1, 0.15) is 6.04 Å². The summed E-state index contributed by atoms with van der Waals surface area (Å²) in [5.74, 6) is -0.652. The van der Waals surface area contributed by atoms with Crippen LogP contribution in [0.15, 0.2) is 59.5 Å². The van der Waals surface area contributed by atoms with Crippen molar-refractivity contribution in [3.63, 3.8) is 0 Å². The van der Waals surface area contributed by atoms with Gasteiger partial charge in [0.2, 0.25) is 5.91 Å². The number of benzene rings is 2. The number of carbonyl (C=O) groups is 2. The summed E-state index contributed by atoms with van der Waals surface area (Å²) in [5, 5.41) is 4.91. The predicted octanol–water partition coefficient (Wildman–Crippen LogP) is 2.01. The molecule has 1 atom stereocenters. The van der Waals surface area contributed by atoms with Gasteiger partial charge in [0, 0.05) is 5.69 Å². The van der Waals surface area contributed by atoms with Crippen LogP contribution >= 0.6 is 0 Å². The SMILES string of the molecule is Cc1ccc(S(=O)(=O)NC(=O)NC(=O)[C@H](C)Nc2ccccc2)cc1. The van der Waals surface area contributed by atoms with Crippen LogP contribution in [0.2, 0.25) is 0 Å². The van der Waals surface area contributed by atoms with Gasteiger partial charge in [-0.15, -0.1) is 0 Å². The first-order valence-corrected chi connectivity index (χ1v) is 9.02. The molecule has 0 heterocycles. The number of aryl methyl sites for hydroxylation is 1. The Bertz CT molecular complexity index is 849. The van der Waals surface area contributed by atoms with Crippen LogP contribution in [-0.2, 0) is 14.8 Å². The molecule has 0 saturated heterocycles.